The molecule has 0 spiro atoms. The van der Waals surface area contributed by atoms with Gasteiger partial charge in [0.15, 0.2) is 0 Å². The first kappa shape index (κ1) is 15.9. The molecule has 0 radical (unpaired) electrons. The zero-order valence-electron chi connectivity index (χ0n) is 11.8. The van der Waals surface area contributed by atoms with Gasteiger partial charge in [0.25, 0.3) is 0 Å². The molecule has 0 aliphatic heterocycles. The van der Waals surface area contributed by atoms with Crippen LogP contribution in [0.2, 0.25) is 0 Å². The van der Waals surface area contributed by atoms with Crippen LogP contribution in [0.15, 0.2) is 0 Å². The molecule has 0 aromatic carbocycles. The Morgan fingerprint density at radius 2 is 2.05 bits per heavy atom. The highest BCUT2D eigenvalue weighted by Crippen LogP contribution is 2.28. The van der Waals surface area contributed by atoms with Crippen molar-refractivity contribution in [3.63, 3.8) is 0 Å². The van der Waals surface area contributed by atoms with Crippen molar-refractivity contribution in [3.05, 3.63) is 0 Å². The summed E-state index contributed by atoms with van der Waals surface area (Å²) in [4.78, 5) is 23.5. The van der Waals surface area contributed by atoms with Gasteiger partial charge in [-0.3, -0.25) is 9.59 Å². The summed E-state index contributed by atoms with van der Waals surface area (Å²) in [5.74, 6) is -0.00502. The second-order valence-corrected chi connectivity index (χ2v) is 5.22. The molecule has 0 heterocycles. The number of carbonyl (C=O) groups excluding carboxylic acids is 2. The van der Waals surface area contributed by atoms with Crippen LogP contribution >= 0.6 is 0 Å². The van der Waals surface area contributed by atoms with Crippen molar-refractivity contribution in [1.82, 2.24) is 10.6 Å². The van der Waals surface area contributed by atoms with Crippen molar-refractivity contribution >= 4 is 11.8 Å². The van der Waals surface area contributed by atoms with Crippen LogP contribution < -0.4 is 16.4 Å². The molecule has 19 heavy (non-hydrogen) atoms. The van der Waals surface area contributed by atoms with Crippen LogP contribution in [0.5, 0.6) is 0 Å². The Balaban J connectivity index is 2.28. The summed E-state index contributed by atoms with van der Waals surface area (Å²) in [5.41, 5.74) is 5.89. The van der Waals surface area contributed by atoms with Crippen LogP contribution in [-0.2, 0) is 14.3 Å². The number of methoxy groups -OCH3 is 1. The summed E-state index contributed by atoms with van der Waals surface area (Å²) >= 11 is 0. The molecular formula is C13H25N3O3. The van der Waals surface area contributed by atoms with Gasteiger partial charge < -0.3 is 21.1 Å². The molecule has 0 aromatic heterocycles. The van der Waals surface area contributed by atoms with E-state index >= 15 is 0 Å². The zero-order valence-corrected chi connectivity index (χ0v) is 11.8. The Kier molecular flexibility index (Phi) is 6.80. The summed E-state index contributed by atoms with van der Waals surface area (Å²) in [6.07, 6.45) is 2.65. The number of carbonyl (C=O) groups is 2. The van der Waals surface area contributed by atoms with Gasteiger partial charge in [-0.15, -0.1) is 0 Å². The lowest BCUT2D eigenvalue weighted by molar-refractivity contribution is -0.130. The molecule has 110 valence electrons. The Hall–Kier alpha value is -1.14. The number of nitrogens with two attached hydrogens (primary N) is 1. The van der Waals surface area contributed by atoms with Crippen LogP contribution in [0, 0.1) is 11.8 Å². The van der Waals surface area contributed by atoms with Gasteiger partial charge in [-0.05, 0) is 25.2 Å². The number of hydrogen-bond acceptors (Lipinski definition) is 4. The highest BCUT2D eigenvalue weighted by molar-refractivity contribution is 5.85. The first-order chi connectivity index (χ1) is 9.04. The van der Waals surface area contributed by atoms with E-state index in [0.717, 1.165) is 12.8 Å². The van der Waals surface area contributed by atoms with Crippen molar-refractivity contribution in [1.29, 1.82) is 0 Å². The lowest BCUT2D eigenvalue weighted by atomic mass is 9.78. The second-order valence-electron chi connectivity index (χ2n) is 5.22. The third kappa shape index (κ3) is 5.57. The topological polar surface area (TPSA) is 93.5 Å². The molecule has 0 saturated heterocycles. The van der Waals surface area contributed by atoms with Gasteiger partial charge in [-0.25, -0.2) is 0 Å². The van der Waals surface area contributed by atoms with E-state index in [4.69, 9.17) is 10.5 Å². The van der Waals surface area contributed by atoms with E-state index in [0.29, 0.717) is 25.5 Å². The van der Waals surface area contributed by atoms with Crippen molar-refractivity contribution in [2.45, 2.75) is 32.2 Å². The normalized spacial score (nSPS) is 26.8. The minimum absolute atomic E-state index is 0.0149. The van der Waals surface area contributed by atoms with E-state index in [-0.39, 0.29) is 30.3 Å². The SMILES string of the molecule is COCCNC(=O)CNC(=O)C1CC(N)CCC1C. The molecule has 1 aliphatic rings. The highest BCUT2D eigenvalue weighted by atomic mass is 16.5. The Morgan fingerprint density at radius 1 is 1.32 bits per heavy atom. The van der Waals surface area contributed by atoms with Gasteiger partial charge in [0.1, 0.15) is 0 Å². The summed E-state index contributed by atoms with van der Waals surface area (Å²) in [6.45, 7) is 3.00. The summed E-state index contributed by atoms with van der Waals surface area (Å²) in [5, 5.41) is 5.34. The zero-order chi connectivity index (χ0) is 14.3. The molecule has 2 amide bonds. The maximum atomic E-state index is 12.0. The van der Waals surface area contributed by atoms with Crippen LogP contribution in [0.25, 0.3) is 0 Å². The van der Waals surface area contributed by atoms with E-state index in [9.17, 15) is 9.59 Å². The third-order valence-corrected chi connectivity index (χ3v) is 3.62. The molecule has 1 aliphatic carbocycles. The fraction of sp³-hybridized carbons (Fsp3) is 0.846. The van der Waals surface area contributed by atoms with Gasteiger partial charge in [0.05, 0.1) is 13.2 Å². The smallest absolute Gasteiger partial charge is 0.239 e. The third-order valence-electron chi connectivity index (χ3n) is 3.62. The average molecular weight is 271 g/mol. The minimum atomic E-state index is -0.196. The predicted octanol–water partition coefficient (Wildman–Crippen LogP) is -0.371. The molecular weight excluding hydrogens is 246 g/mol. The Morgan fingerprint density at radius 3 is 2.74 bits per heavy atom. The monoisotopic (exact) mass is 271 g/mol. The first-order valence-electron chi connectivity index (χ1n) is 6.83. The Labute approximate surface area is 114 Å². The van der Waals surface area contributed by atoms with Gasteiger partial charge in [-0.2, -0.15) is 0 Å². The number of ether oxygens (including phenoxy) is 1. The van der Waals surface area contributed by atoms with Crippen molar-refractivity contribution in [2.24, 2.45) is 17.6 Å². The molecule has 1 rings (SSSR count). The highest BCUT2D eigenvalue weighted by Gasteiger charge is 2.31. The van der Waals surface area contributed by atoms with Crippen molar-refractivity contribution < 1.29 is 14.3 Å². The molecule has 6 heteroatoms. The number of rotatable bonds is 6. The van der Waals surface area contributed by atoms with Gasteiger partial charge in [0, 0.05) is 25.6 Å². The lowest BCUT2D eigenvalue weighted by Gasteiger charge is -2.31. The van der Waals surface area contributed by atoms with E-state index in [1.54, 1.807) is 7.11 Å². The summed E-state index contributed by atoms with van der Waals surface area (Å²) in [7, 11) is 1.57. The van der Waals surface area contributed by atoms with Gasteiger partial charge in [-0.1, -0.05) is 6.92 Å². The molecule has 3 atom stereocenters. The number of amides is 2. The van der Waals surface area contributed by atoms with E-state index < -0.39 is 0 Å². The largest absolute Gasteiger partial charge is 0.383 e. The van der Waals surface area contributed by atoms with Crippen LogP contribution in [0.4, 0.5) is 0 Å². The number of nitrogens with one attached hydrogen (secondary N) is 2. The van der Waals surface area contributed by atoms with Crippen LogP contribution in [0.1, 0.15) is 26.2 Å². The molecule has 0 bridgehead atoms. The fourth-order valence-corrected chi connectivity index (χ4v) is 2.37. The molecule has 1 fully saturated rings. The minimum Gasteiger partial charge on any atom is -0.383 e. The van der Waals surface area contributed by atoms with E-state index in [2.05, 4.69) is 17.6 Å². The van der Waals surface area contributed by atoms with Crippen molar-refractivity contribution in [3.8, 4) is 0 Å². The van der Waals surface area contributed by atoms with E-state index in [1.807, 2.05) is 0 Å². The van der Waals surface area contributed by atoms with Crippen LogP contribution in [0.3, 0.4) is 0 Å². The average Bonchev–Trinajstić information content (AvgIpc) is 2.39. The standard InChI is InChI=1S/C13H25N3O3/c1-9-3-4-10(14)7-11(9)13(18)16-8-12(17)15-5-6-19-2/h9-11H,3-8,14H2,1-2H3,(H,15,17)(H,16,18). The first-order valence-corrected chi connectivity index (χ1v) is 6.83. The summed E-state index contributed by atoms with van der Waals surface area (Å²) in [6, 6.07) is 0.0995. The van der Waals surface area contributed by atoms with Gasteiger partial charge >= 0.3 is 0 Å². The molecule has 6 nitrogen and oxygen atoms in total. The molecule has 0 aromatic rings. The van der Waals surface area contributed by atoms with Crippen molar-refractivity contribution in [2.75, 3.05) is 26.8 Å². The fourth-order valence-electron chi connectivity index (χ4n) is 2.37. The number of hydrogen-bond donors (Lipinski definition) is 3. The van der Waals surface area contributed by atoms with Gasteiger partial charge in [0.2, 0.25) is 11.8 Å². The molecule has 1 saturated carbocycles. The maximum absolute atomic E-state index is 12.0. The summed E-state index contributed by atoms with van der Waals surface area (Å²) < 4.78 is 4.82. The Bertz CT molecular complexity index is 310. The maximum Gasteiger partial charge on any atom is 0.239 e. The second kappa shape index (κ2) is 8.12. The quantitative estimate of drug-likeness (QED) is 0.575. The molecule has 4 N–H and O–H groups in total. The predicted molar refractivity (Wildman–Crippen MR) is 72.4 cm³/mol. The lowest BCUT2D eigenvalue weighted by Crippen LogP contribution is -2.45. The molecule has 3 unspecified atom stereocenters. The van der Waals surface area contributed by atoms with Crippen LogP contribution in [-0.4, -0.2) is 44.7 Å². The van der Waals surface area contributed by atoms with E-state index in [1.165, 1.54) is 0 Å².